The number of nitrogens with zero attached hydrogens (tertiary/aromatic N) is 2. The molecule has 2 aromatic carbocycles. The second-order valence-corrected chi connectivity index (χ2v) is 5.75. The molecule has 0 saturated carbocycles. The summed E-state index contributed by atoms with van der Waals surface area (Å²) in [6.45, 7) is 0. The zero-order valence-electron chi connectivity index (χ0n) is 15.1. The van der Waals surface area contributed by atoms with Crippen LogP contribution in [0, 0.1) is 10.1 Å². The topological polar surface area (TPSA) is 101 Å². The highest BCUT2D eigenvalue weighted by molar-refractivity contribution is 6.04. The van der Waals surface area contributed by atoms with Crippen molar-refractivity contribution in [2.75, 3.05) is 14.2 Å². The summed E-state index contributed by atoms with van der Waals surface area (Å²) in [5.74, 6) is -1.41. The Bertz CT molecular complexity index is 1040. The summed E-state index contributed by atoms with van der Waals surface area (Å²) in [6, 6.07) is 16.2. The number of rotatable bonds is 5. The average molecular weight is 380 g/mol. The SMILES string of the molecule is COC(=O)c1cc(-c2ccc([N+](=O)[O-])cc2)n(-c2ccccc2)c1C(=O)OC. The molecule has 3 rings (SSSR count). The summed E-state index contributed by atoms with van der Waals surface area (Å²) in [7, 11) is 2.44. The van der Waals surface area contributed by atoms with E-state index in [1.807, 2.05) is 6.07 Å². The normalized spacial score (nSPS) is 10.4. The number of non-ortho nitro benzene ring substituents is 1. The molecule has 0 saturated heterocycles. The number of nitro benzene ring substituents is 1. The molecule has 1 heterocycles. The number of ether oxygens (including phenoxy) is 2. The first kappa shape index (κ1) is 18.8. The van der Waals surface area contributed by atoms with Crippen LogP contribution < -0.4 is 0 Å². The minimum atomic E-state index is -0.711. The largest absolute Gasteiger partial charge is 0.465 e. The van der Waals surface area contributed by atoms with Crippen LogP contribution >= 0.6 is 0 Å². The van der Waals surface area contributed by atoms with E-state index < -0.39 is 16.9 Å². The van der Waals surface area contributed by atoms with E-state index in [1.54, 1.807) is 41.0 Å². The molecule has 0 bridgehead atoms. The molecule has 1 aromatic heterocycles. The monoisotopic (exact) mass is 380 g/mol. The van der Waals surface area contributed by atoms with Gasteiger partial charge in [-0.15, -0.1) is 0 Å². The van der Waals surface area contributed by atoms with Gasteiger partial charge >= 0.3 is 11.9 Å². The summed E-state index contributed by atoms with van der Waals surface area (Å²) in [6.07, 6.45) is 0. The fraction of sp³-hybridized carbons (Fsp3) is 0.100. The van der Waals surface area contributed by atoms with E-state index in [-0.39, 0.29) is 16.9 Å². The third-order valence-electron chi connectivity index (χ3n) is 4.17. The molecular weight excluding hydrogens is 364 g/mol. The summed E-state index contributed by atoms with van der Waals surface area (Å²) < 4.78 is 11.3. The van der Waals surface area contributed by atoms with Gasteiger partial charge in [0, 0.05) is 17.8 Å². The molecule has 0 spiro atoms. The Morgan fingerprint density at radius 2 is 1.54 bits per heavy atom. The third-order valence-corrected chi connectivity index (χ3v) is 4.17. The van der Waals surface area contributed by atoms with Crippen molar-refractivity contribution in [1.82, 2.24) is 4.57 Å². The molecule has 142 valence electrons. The van der Waals surface area contributed by atoms with Crippen molar-refractivity contribution in [2.45, 2.75) is 0 Å². The predicted molar refractivity (Wildman–Crippen MR) is 101 cm³/mol. The molecule has 8 nitrogen and oxygen atoms in total. The first-order valence-corrected chi connectivity index (χ1v) is 8.20. The maximum atomic E-state index is 12.5. The highest BCUT2D eigenvalue weighted by Crippen LogP contribution is 2.31. The van der Waals surface area contributed by atoms with E-state index in [0.717, 1.165) is 0 Å². The zero-order valence-corrected chi connectivity index (χ0v) is 15.1. The molecule has 0 atom stereocenters. The molecule has 28 heavy (non-hydrogen) atoms. The van der Waals surface area contributed by atoms with Crippen LogP contribution in [-0.4, -0.2) is 35.6 Å². The maximum absolute atomic E-state index is 12.5. The van der Waals surface area contributed by atoms with Crippen LogP contribution in [0.5, 0.6) is 0 Å². The van der Waals surface area contributed by atoms with Crippen molar-refractivity contribution in [3.05, 3.63) is 82.0 Å². The molecule has 8 heteroatoms. The van der Waals surface area contributed by atoms with Crippen molar-refractivity contribution in [1.29, 1.82) is 0 Å². The van der Waals surface area contributed by atoms with Gasteiger partial charge in [-0.2, -0.15) is 0 Å². The number of carbonyl (C=O) groups excluding carboxylic acids is 2. The van der Waals surface area contributed by atoms with Crippen LogP contribution in [0.1, 0.15) is 20.8 Å². The first-order valence-electron chi connectivity index (χ1n) is 8.20. The van der Waals surface area contributed by atoms with E-state index in [9.17, 15) is 19.7 Å². The van der Waals surface area contributed by atoms with Gasteiger partial charge in [-0.05, 0) is 35.9 Å². The van der Waals surface area contributed by atoms with E-state index in [0.29, 0.717) is 16.9 Å². The maximum Gasteiger partial charge on any atom is 0.355 e. The fourth-order valence-corrected chi connectivity index (χ4v) is 2.89. The van der Waals surface area contributed by atoms with E-state index in [2.05, 4.69) is 0 Å². The van der Waals surface area contributed by atoms with E-state index in [4.69, 9.17) is 9.47 Å². The van der Waals surface area contributed by atoms with E-state index >= 15 is 0 Å². The number of nitro groups is 1. The lowest BCUT2D eigenvalue weighted by atomic mass is 10.1. The molecule has 0 fully saturated rings. The zero-order chi connectivity index (χ0) is 20.3. The minimum absolute atomic E-state index is 0.00824. The van der Waals surface area contributed by atoms with E-state index in [1.165, 1.54) is 32.4 Å². The Balaban J connectivity index is 2.32. The van der Waals surface area contributed by atoms with Gasteiger partial charge in [0.15, 0.2) is 0 Å². The van der Waals surface area contributed by atoms with Crippen LogP contribution in [-0.2, 0) is 9.47 Å². The quantitative estimate of drug-likeness (QED) is 0.381. The van der Waals surface area contributed by atoms with Crippen LogP contribution in [0.3, 0.4) is 0 Å². The van der Waals surface area contributed by atoms with Gasteiger partial charge in [-0.3, -0.25) is 10.1 Å². The molecule has 0 aliphatic heterocycles. The third kappa shape index (κ3) is 3.35. The van der Waals surface area contributed by atoms with Gasteiger partial charge in [-0.25, -0.2) is 9.59 Å². The highest BCUT2D eigenvalue weighted by atomic mass is 16.6. The predicted octanol–water partition coefficient (Wildman–Crippen LogP) is 3.63. The molecular formula is C20H16N2O6. The van der Waals surface area contributed by atoms with Crippen molar-refractivity contribution >= 4 is 17.6 Å². The van der Waals surface area contributed by atoms with Crippen LogP contribution in [0.15, 0.2) is 60.7 Å². The lowest BCUT2D eigenvalue weighted by molar-refractivity contribution is -0.384. The van der Waals surface area contributed by atoms with Gasteiger partial charge in [0.2, 0.25) is 0 Å². The number of hydrogen-bond donors (Lipinski definition) is 0. The minimum Gasteiger partial charge on any atom is -0.465 e. The lowest BCUT2D eigenvalue weighted by Gasteiger charge is -2.13. The number of hydrogen-bond acceptors (Lipinski definition) is 6. The number of esters is 2. The lowest BCUT2D eigenvalue weighted by Crippen LogP contribution is -2.15. The second kappa shape index (κ2) is 7.75. The number of para-hydroxylation sites is 1. The van der Waals surface area contributed by atoms with Crippen molar-refractivity contribution in [3.63, 3.8) is 0 Å². The van der Waals surface area contributed by atoms with Crippen molar-refractivity contribution in [3.8, 4) is 16.9 Å². The average Bonchev–Trinajstić information content (AvgIpc) is 3.13. The van der Waals surface area contributed by atoms with Gasteiger partial charge < -0.3 is 14.0 Å². The second-order valence-electron chi connectivity index (χ2n) is 5.75. The van der Waals surface area contributed by atoms with Crippen LogP contribution in [0.25, 0.3) is 16.9 Å². The number of aromatic nitrogens is 1. The molecule has 0 aliphatic rings. The molecule has 0 aliphatic carbocycles. The Hall–Kier alpha value is -3.94. The smallest absolute Gasteiger partial charge is 0.355 e. The van der Waals surface area contributed by atoms with Gasteiger partial charge in [0.05, 0.1) is 30.4 Å². The van der Waals surface area contributed by atoms with Crippen LogP contribution in [0.2, 0.25) is 0 Å². The number of carbonyl (C=O) groups is 2. The van der Waals surface area contributed by atoms with Crippen molar-refractivity contribution < 1.29 is 24.0 Å². The van der Waals surface area contributed by atoms with Gasteiger partial charge in [0.25, 0.3) is 5.69 Å². The van der Waals surface area contributed by atoms with Crippen molar-refractivity contribution in [2.24, 2.45) is 0 Å². The number of benzene rings is 2. The van der Waals surface area contributed by atoms with Gasteiger partial charge in [0.1, 0.15) is 5.69 Å². The summed E-state index contributed by atoms with van der Waals surface area (Å²) >= 11 is 0. The Labute approximate surface area is 160 Å². The summed E-state index contributed by atoms with van der Waals surface area (Å²) in [5, 5.41) is 10.9. The Morgan fingerprint density at radius 1 is 0.929 bits per heavy atom. The summed E-state index contributed by atoms with van der Waals surface area (Å²) in [4.78, 5) is 35.2. The first-order chi connectivity index (χ1) is 13.5. The van der Waals surface area contributed by atoms with Gasteiger partial charge in [-0.1, -0.05) is 18.2 Å². The molecule has 0 amide bonds. The molecule has 0 radical (unpaired) electrons. The Kier molecular flexibility index (Phi) is 5.21. The number of methoxy groups -OCH3 is 2. The van der Waals surface area contributed by atoms with Crippen LogP contribution in [0.4, 0.5) is 5.69 Å². The Morgan fingerprint density at radius 3 is 2.07 bits per heavy atom. The molecule has 0 unspecified atom stereocenters. The summed E-state index contributed by atoms with van der Waals surface area (Å²) in [5.41, 5.74) is 1.66. The molecule has 3 aromatic rings. The standard InChI is InChI=1S/C20H16N2O6/c1-27-19(23)16-12-17(13-8-10-15(11-9-13)22(25)26)21(18(16)20(24)28-2)14-6-4-3-5-7-14/h3-12H,1-2H3. The molecule has 0 N–H and O–H groups in total. The fourth-order valence-electron chi connectivity index (χ4n) is 2.89. The highest BCUT2D eigenvalue weighted by Gasteiger charge is 2.28.